The summed E-state index contributed by atoms with van der Waals surface area (Å²) in [4.78, 5) is 4.74. The second-order valence-electron chi connectivity index (χ2n) is 5.01. The van der Waals surface area contributed by atoms with Gasteiger partial charge in [-0.2, -0.15) is 0 Å². The van der Waals surface area contributed by atoms with E-state index in [9.17, 15) is 0 Å². The van der Waals surface area contributed by atoms with Gasteiger partial charge in [0.05, 0.1) is 10.5 Å². The second kappa shape index (κ2) is 5.68. The van der Waals surface area contributed by atoms with Crippen LogP contribution in [0.5, 0.6) is 0 Å². The van der Waals surface area contributed by atoms with E-state index in [4.69, 9.17) is 4.98 Å². The number of pyridine rings is 1. The smallest absolute Gasteiger partial charge is 0.0973 e. The quantitative estimate of drug-likeness (QED) is 0.615. The van der Waals surface area contributed by atoms with Gasteiger partial charge in [-0.3, -0.25) is 0 Å². The lowest BCUT2D eigenvalue weighted by Crippen LogP contribution is -1.89. The van der Waals surface area contributed by atoms with Crippen molar-refractivity contribution in [1.82, 2.24) is 4.98 Å². The van der Waals surface area contributed by atoms with Crippen molar-refractivity contribution in [2.45, 2.75) is 24.6 Å². The summed E-state index contributed by atoms with van der Waals surface area (Å²) in [6, 6.07) is 19.1. The molecule has 0 saturated heterocycles. The Morgan fingerprint density at radius 3 is 2.50 bits per heavy atom. The maximum absolute atomic E-state index is 4.74. The molecule has 3 aromatic rings. The second-order valence-corrected chi connectivity index (χ2v) is 6.01. The molecule has 0 unspecified atom stereocenters. The monoisotopic (exact) mass is 279 g/mol. The maximum Gasteiger partial charge on any atom is 0.0973 e. The Morgan fingerprint density at radius 2 is 1.65 bits per heavy atom. The first-order valence-electron chi connectivity index (χ1n) is 6.78. The van der Waals surface area contributed by atoms with E-state index in [1.807, 2.05) is 6.07 Å². The molecule has 0 N–H and O–H groups in total. The Hall–Kier alpha value is -1.80. The van der Waals surface area contributed by atoms with Crippen molar-refractivity contribution in [3.63, 3.8) is 0 Å². The molecular weight excluding hydrogens is 262 g/mol. The third kappa shape index (κ3) is 2.70. The van der Waals surface area contributed by atoms with Gasteiger partial charge < -0.3 is 0 Å². The molecular formula is C18H17NS. The maximum atomic E-state index is 4.74. The van der Waals surface area contributed by atoms with E-state index in [-0.39, 0.29) is 0 Å². The first kappa shape index (κ1) is 13.2. The van der Waals surface area contributed by atoms with E-state index < -0.39 is 0 Å². The predicted molar refractivity (Wildman–Crippen MR) is 87.2 cm³/mol. The number of rotatable bonds is 3. The van der Waals surface area contributed by atoms with Gasteiger partial charge >= 0.3 is 0 Å². The van der Waals surface area contributed by atoms with Crippen LogP contribution in [0.25, 0.3) is 10.9 Å². The largest absolute Gasteiger partial charge is 0.241 e. The molecule has 1 nitrogen and oxygen atoms in total. The molecule has 100 valence electrons. The minimum Gasteiger partial charge on any atom is -0.241 e. The molecule has 0 bridgehead atoms. The molecule has 2 aromatic carbocycles. The summed E-state index contributed by atoms with van der Waals surface area (Å²) in [5, 5.41) is 2.34. The van der Waals surface area contributed by atoms with E-state index in [1.165, 1.54) is 22.1 Å². The number of aromatic nitrogens is 1. The van der Waals surface area contributed by atoms with Crippen molar-refractivity contribution in [3.05, 3.63) is 71.3 Å². The fourth-order valence-corrected chi connectivity index (χ4v) is 3.37. The van der Waals surface area contributed by atoms with Crippen LogP contribution in [0.4, 0.5) is 0 Å². The standard InChI is InChI=1S/C18H17NS/c1-13-7-3-4-8-15(13)12-20-18-11-14(2)16-9-5-6-10-17(16)19-18/h3-11H,12H2,1-2H3. The summed E-state index contributed by atoms with van der Waals surface area (Å²) in [5.41, 5.74) is 5.10. The Labute approximate surface area is 124 Å². The predicted octanol–water partition coefficient (Wildman–Crippen LogP) is 5.14. The Morgan fingerprint density at radius 1 is 0.900 bits per heavy atom. The fourth-order valence-electron chi connectivity index (χ4n) is 2.32. The molecule has 3 rings (SSSR count). The number of thioether (sulfide) groups is 1. The van der Waals surface area contributed by atoms with Gasteiger partial charge in [0.2, 0.25) is 0 Å². The summed E-state index contributed by atoms with van der Waals surface area (Å²) < 4.78 is 0. The minimum absolute atomic E-state index is 0.970. The zero-order valence-corrected chi connectivity index (χ0v) is 12.6. The summed E-state index contributed by atoms with van der Waals surface area (Å²) in [5.74, 6) is 0.970. The molecule has 0 aliphatic rings. The van der Waals surface area contributed by atoms with E-state index >= 15 is 0 Å². The lowest BCUT2D eigenvalue weighted by molar-refractivity contribution is 1.16. The van der Waals surface area contributed by atoms with Crippen molar-refractivity contribution in [1.29, 1.82) is 0 Å². The SMILES string of the molecule is Cc1ccccc1CSc1cc(C)c2ccccc2n1. The van der Waals surface area contributed by atoms with Crippen LogP contribution >= 0.6 is 11.8 Å². The van der Waals surface area contributed by atoms with Gasteiger partial charge in [0.25, 0.3) is 0 Å². The Balaban J connectivity index is 1.86. The molecule has 1 heterocycles. The van der Waals surface area contributed by atoms with Gasteiger partial charge in [-0.1, -0.05) is 42.5 Å². The van der Waals surface area contributed by atoms with Crippen LogP contribution in [0, 0.1) is 13.8 Å². The van der Waals surface area contributed by atoms with Gasteiger partial charge in [-0.15, -0.1) is 11.8 Å². The number of nitrogens with zero attached hydrogens (tertiary/aromatic N) is 1. The molecule has 2 heteroatoms. The number of para-hydroxylation sites is 1. The van der Waals surface area contributed by atoms with Crippen LogP contribution < -0.4 is 0 Å². The normalized spacial score (nSPS) is 10.9. The summed E-state index contributed by atoms with van der Waals surface area (Å²) in [7, 11) is 0. The molecule has 0 aliphatic carbocycles. The van der Waals surface area contributed by atoms with Gasteiger partial charge in [-0.25, -0.2) is 4.98 Å². The average Bonchev–Trinajstić information content (AvgIpc) is 2.46. The van der Waals surface area contributed by atoms with Gasteiger partial charge in [-0.05, 0) is 42.7 Å². The molecule has 0 radical (unpaired) electrons. The number of benzene rings is 2. The van der Waals surface area contributed by atoms with Crippen LogP contribution in [0.1, 0.15) is 16.7 Å². The number of fused-ring (bicyclic) bond motifs is 1. The molecule has 0 fully saturated rings. The Bertz CT molecular complexity index is 749. The van der Waals surface area contributed by atoms with Crippen molar-refractivity contribution in [2.75, 3.05) is 0 Å². The van der Waals surface area contributed by atoms with Crippen molar-refractivity contribution < 1.29 is 0 Å². The highest BCUT2D eigenvalue weighted by atomic mass is 32.2. The van der Waals surface area contributed by atoms with E-state index in [0.29, 0.717) is 0 Å². The van der Waals surface area contributed by atoms with Gasteiger partial charge in [0, 0.05) is 11.1 Å². The summed E-state index contributed by atoms with van der Waals surface area (Å²) >= 11 is 1.81. The van der Waals surface area contributed by atoms with Crippen LogP contribution in [0.3, 0.4) is 0 Å². The molecule has 1 aromatic heterocycles. The Kier molecular flexibility index (Phi) is 3.75. The van der Waals surface area contributed by atoms with Crippen molar-refractivity contribution in [3.8, 4) is 0 Å². The molecule has 0 saturated carbocycles. The minimum atomic E-state index is 0.970. The highest BCUT2D eigenvalue weighted by molar-refractivity contribution is 7.98. The molecule has 0 atom stereocenters. The third-order valence-electron chi connectivity index (χ3n) is 3.54. The number of hydrogen-bond acceptors (Lipinski definition) is 2. The lowest BCUT2D eigenvalue weighted by atomic mass is 10.1. The van der Waals surface area contributed by atoms with E-state index in [1.54, 1.807) is 11.8 Å². The topological polar surface area (TPSA) is 12.9 Å². The highest BCUT2D eigenvalue weighted by Gasteiger charge is 2.04. The van der Waals surface area contributed by atoms with Crippen LogP contribution in [0.2, 0.25) is 0 Å². The molecule has 0 spiro atoms. The molecule has 20 heavy (non-hydrogen) atoms. The zero-order valence-electron chi connectivity index (χ0n) is 11.8. The summed E-state index contributed by atoms with van der Waals surface area (Å²) in [6.07, 6.45) is 0. The zero-order chi connectivity index (χ0) is 13.9. The van der Waals surface area contributed by atoms with Crippen molar-refractivity contribution in [2.24, 2.45) is 0 Å². The average molecular weight is 279 g/mol. The third-order valence-corrected chi connectivity index (χ3v) is 4.50. The van der Waals surface area contributed by atoms with Crippen molar-refractivity contribution >= 4 is 22.7 Å². The van der Waals surface area contributed by atoms with Gasteiger partial charge in [0.1, 0.15) is 0 Å². The molecule has 0 aliphatic heterocycles. The summed E-state index contributed by atoms with van der Waals surface area (Å²) in [6.45, 7) is 4.32. The van der Waals surface area contributed by atoms with E-state index in [2.05, 4.69) is 62.4 Å². The highest BCUT2D eigenvalue weighted by Crippen LogP contribution is 2.26. The first-order valence-corrected chi connectivity index (χ1v) is 7.76. The molecule has 0 amide bonds. The first-order chi connectivity index (χ1) is 9.74. The van der Waals surface area contributed by atoms with Gasteiger partial charge in [0.15, 0.2) is 0 Å². The number of aryl methyl sites for hydroxylation is 2. The van der Waals surface area contributed by atoms with Crippen LogP contribution in [-0.2, 0) is 5.75 Å². The van der Waals surface area contributed by atoms with Crippen LogP contribution in [0.15, 0.2) is 59.6 Å². The van der Waals surface area contributed by atoms with E-state index in [0.717, 1.165) is 16.3 Å². The van der Waals surface area contributed by atoms with Crippen LogP contribution in [-0.4, -0.2) is 4.98 Å². The lowest BCUT2D eigenvalue weighted by Gasteiger charge is -2.07. The fraction of sp³-hybridized carbons (Fsp3) is 0.167. The number of hydrogen-bond donors (Lipinski definition) is 0.